The summed E-state index contributed by atoms with van der Waals surface area (Å²) in [5, 5.41) is 9.78. The number of rotatable bonds is 12. The standard InChI is InChI=1S/C15H29NO3/c1-2-3-4-5-6-7-8-9-10-11-12(17)13-14(19-13)15(16)18/h12-14,17H,2-11H2,1H3,(H2,16,18)/t12?,13-,14-/m0/s1. The van der Waals surface area contributed by atoms with Gasteiger partial charge in [0.1, 0.15) is 6.10 Å². The molecule has 0 radical (unpaired) electrons. The third-order valence-electron chi connectivity index (χ3n) is 3.79. The maximum absolute atomic E-state index is 10.8. The Labute approximate surface area is 116 Å². The van der Waals surface area contributed by atoms with Gasteiger partial charge in [-0.1, -0.05) is 64.7 Å². The zero-order valence-corrected chi connectivity index (χ0v) is 12.1. The quantitative estimate of drug-likeness (QED) is 0.423. The van der Waals surface area contributed by atoms with Crippen molar-refractivity contribution in [3.05, 3.63) is 0 Å². The highest BCUT2D eigenvalue weighted by molar-refractivity contribution is 5.81. The molecule has 112 valence electrons. The molecular formula is C15H29NO3. The van der Waals surface area contributed by atoms with Crippen LogP contribution in [0.4, 0.5) is 0 Å². The van der Waals surface area contributed by atoms with Crippen LogP contribution >= 0.6 is 0 Å². The van der Waals surface area contributed by atoms with Gasteiger partial charge < -0.3 is 15.6 Å². The van der Waals surface area contributed by atoms with Gasteiger partial charge in [0.15, 0.2) is 6.10 Å². The fourth-order valence-electron chi connectivity index (χ4n) is 2.47. The first-order valence-electron chi connectivity index (χ1n) is 7.79. The van der Waals surface area contributed by atoms with E-state index >= 15 is 0 Å². The lowest BCUT2D eigenvalue weighted by atomic mass is 10.0. The van der Waals surface area contributed by atoms with E-state index in [-0.39, 0.29) is 6.10 Å². The number of amides is 1. The summed E-state index contributed by atoms with van der Waals surface area (Å²) in [5.41, 5.74) is 5.10. The van der Waals surface area contributed by atoms with Crippen LogP contribution in [-0.4, -0.2) is 29.3 Å². The normalized spacial score (nSPS) is 23.3. The summed E-state index contributed by atoms with van der Waals surface area (Å²) < 4.78 is 5.05. The molecule has 1 unspecified atom stereocenters. The Morgan fingerprint density at radius 2 is 1.63 bits per heavy atom. The second-order valence-corrected chi connectivity index (χ2v) is 5.61. The number of unbranched alkanes of at least 4 members (excludes halogenated alkanes) is 8. The number of carbonyl (C=O) groups is 1. The highest BCUT2D eigenvalue weighted by Crippen LogP contribution is 2.27. The predicted octanol–water partition coefficient (Wildman–Crippen LogP) is 2.52. The van der Waals surface area contributed by atoms with Crippen LogP contribution in [0, 0.1) is 0 Å². The van der Waals surface area contributed by atoms with E-state index in [0.29, 0.717) is 6.42 Å². The highest BCUT2D eigenvalue weighted by Gasteiger charge is 2.48. The van der Waals surface area contributed by atoms with Crippen molar-refractivity contribution in [3.8, 4) is 0 Å². The van der Waals surface area contributed by atoms with Gasteiger partial charge in [-0.25, -0.2) is 0 Å². The maximum atomic E-state index is 10.8. The molecule has 1 fully saturated rings. The zero-order valence-electron chi connectivity index (χ0n) is 12.1. The SMILES string of the molecule is CCCCCCCCCCCC(O)[C@@H]1O[C@@H]1C(N)=O. The summed E-state index contributed by atoms with van der Waals surface area (Å²) >= 11 is 0. The smallest absolute Gasteiger partial charge is 0.249 e. The van der Waals surface area contributed by atoms with Crippen molar-refractivity contribution in [1.82, 2.24) is 0 Å². The molecule has 3 atom stereocenters. The van der Waals surface area contributed by atoms with Crippen molar-refractivity contribution in [2.45, 2.75) is 89.4 Å². The minimum absolute atomic E-state index is 0.341. The van der Waals surface area contributed by atoms with Crippen LogP contribution in [0.3, 0.4) is 0 Å². The molecule has 1 aliphatic rings. The first kappa shape index (κ1) is 16.4. The van der Waals surface area contributed by atoms with E-state index in [1.54, 1.807) is 0 Å². The number of aliphatic hydroxyl groups excluding tert-OH is 1. The summed E-state index contributed by atoms with van der Waals surface area (Å²) in [6.45, 7) is 2.23. The van der Waals surface area contributed by atoms with Crippen LogP contribution in [-0.2, 0) is 9.53 Å². The first-order valence-corrected chi connectivity index (χ1v) is 7.79. The van der Waals surface area contributed by atoms with Crippen molar-refractivity contribution in [3.63, 3.8) is 0 Å². The van der Waals surface area contributed by atoms with Crippen LogP contribution in [0.5, 0.6) is 0 Å². The van der Waals surface area contributed by atoms with Gasteiger partial charge in [-0.3, -0.25) is 4.79 Å². The monoisotopic (exact) mass is 271 g/mol. The van der Waals surface area contributed by atoms with Gasteiger partial charge in [-0.15, -0.1) is 0 Å². The Bertz CT molecular complexity index is 258. The average Bonchev–Trinajstić information content (AvgIpc) is 3.17. The number of hydrogen-bond acceptors (Lipinski definition) is 3. The molecule has 0 aliphatic carbocycles. The summed E-state index contributed by atoms with van der Waals surface area (Å²) in [4.78, 5) is 10.8. The Morgan fingerprint density at radius 1 is 1.11 bits per heavy atom. The zero-order chi connectivity index (χ0) is 14.1. The van der Waals surface area contributed by atoms with Crippen LogP contribution in [0.15, 0.2) is 0 Å². The fourth-order valence-corrected chi connectivity index (χ4v) is 2.47. The molecule has 0 aromatic heterocycles. The van der Waals surface area contributed by atoms with Gasteiger partial charge in [0.2, 0.25) is 5.91 Å². The first-order chi connectivity index (χ1) is 9.16. The number of carbonyl (C=O) groups excluding carboxylic acids is 1. The molecule has 1 heterocycles. The van der Waals surface area contributed by atoms with Crippen molar-refractivity contribution in [2.24, 2.45) is 5.73 Å². The Hall–Kier alpha value is -0.610. The molecule has 0 bridgehead atoms. The second kappa shape index (κ2) is 9.32. The van der Waals surface area contributed by atoms with Crippen LogP contribution in [0.1, 0.15) is 71.1 Å². The van der Waals surface area contributed by atoms with Gasteiger partial charge >= 0.3 is 0 Å². The topological polar surface area (TPSA) is 75.8 Å². The van der Waals surface area contributed by atoms with Crippen molar-refractivity contribution in [2.75, 3.05) is 0 Å². The number of ether oxygens (including phenoxy) is 1. The summed E-state index contributed by atoms with van der Waals surface area (Å²) in [6, 6.07) is 0. The minimum atomic E-state index is -0.548. The van der Waals surface area contributed by atoms with E-state index < -0.39 is 18.1 Å². The van der Waals surface area contributed by atoms with E-state index in [1.165, 1.54) is 44.9 Å². The van der Waals surface area contributed by atoms with Crippen molar-refractivity contribution in [1.29, 1.82) is 0 Å². The van der Waals surface area contributed by atoms with Gasteiger partial charge in [-0.2, -0.15) is 0 Å². The third kappa shape index (κ3) is 6.92. The average molecular weight is 271 g/mol. The van der Waals surface area contributed by atoms with E-state index in [4.69, 9.17) is 10.5 Å². The number of hydrogen-bond donors (Lipinski definition) is 2. The van der Waals surface area contributed by atoms with E-state index in [1.807, 2.05) is 0 Å². The molecule has 4 heteroatoms. The number of primary amides is 1. The molecule has 0 saturated carbocycles. The lowest BCUT2D eigenvalue weighted by Gasteiger charge is -2.07. The van der Waals surface area contributed by atoms with E-state index in [2.05, 4.69) is 6.92 Å². The summed E-state index contributed by atoms with van der Waals surface area (Å²) in [7, 11) is 0. The number of aliphatic hydroxyl groups is 1. The van der Waals surface area contributed by atoms with Crippen LogP contribution < -0.4 is 5.73 Å². The maximum Gasteiger partial charge on any atom is 0.249 e. The van der Waals surface area contributed by atoms with Gasteiger partial charge in [0.25, 0.3) is 0 Å². The van der Waals surface area contributed by atoms with Crippen LogP contribution in [0.2, 0.25) is 0 Å². The largest absolute Gasteiger partial charge is 0.390 e. The molecule has 0 aromatic rings. The van der Waals surface area contributed by atoms with E-state index in [9.17, 15) is 9.90 Å². The lowest BCUT2D eigenvalue weighted by Crippen LogP contribution is -2.25. The molecule has 1 rings (SSSR count). The Morgan fingerprint density at radius 3 is 2.11 bits per heavy atom. The Kier molecular flexibility index (Phi) is 8.07. The molecule has 4 nitrogen and oxygen atoms in total. The molecular weight excluding hydrogens is 242 g/mol. The molecule has 1 amide bonds. The third-order valence-corrected chi connectivity index (χ3v) is 3.79. The molecule has 19 heavy (non-hydrogen) atoms. The van der Waals surface area contributed by atoms with E-state index in [0.717, 1.165) is 12.8 Å². The predicted molar refractivity (Wildman–Crippen MR) is 75.7 cm³/mol. The molecule has 1 saturated heterocycles. The fraction of sp³-hybridized carbons (Fsp3) is 0.933. The van der Waals surface area contributed by atoms with Crippen molar-refractivity contribution >= 4 is 5.91 Å². The molecule has 0 spiro atoms. The summed E-state index contributed by atoms with van der Waals surface area (Å²) in [5.74, 6) is -0.462. The lowest BCUT2D eigenvalue weighted by molar-refractivity contribution is -0.119. The number of nitrogens with two attached hydrogens (primary N) is 1. The highest BCUT2D eigenvalue weighted by atomic mass is 16.6. The molecule has 3 N–H and O–H groups in total. The van der Waals surface area contributed by atoms with Crippen molar-refractivity contribution < 1.29 is 14.6 Å². The van der Waals surface area contributed by atoms with Gasteiger partial charge in [0.05, 0.1) is 6.10 Å². The molecule has 1 aliphatic heterocycles. The molecule has 0 aromatic carbocycles. The van der Waals surface area contributed by atoms with Gasteiger partial charge in [0, 0.05) is 0 Å². The minimum Gasteiger partial charge on any atom is -0.390 e. The van der Waals surface area contributed by atoms with Gasteiger partial charge in [-0.05, 0) is 6.42 Å². The number of epoxide rings is 1. The van der Waals surface area contributed by atoms with Crippen LogP contribution in [0.25, 0.3) is 0 Å². The summed E-state index contributed by atoms with van der Waals surface area (Å²) in [6.07, 6.45) is 10.7. The Balaban J connectivity index is 1.85. The second-order valence-electron chi connectivity index (χ2n) is 5.61.